The van der Waals surface area contributed by atoms with Gasteiger partial charge in [-0.15, -0.1) is 11.3 Å². The van der Waals surface area contributed by atoms with Crippen molar-refractivity contribution < 1.29 is 4.79 Å². The van der Waals surface area contributed by atoms with Gasteiger partial charge in [0, 0.05) is 36.4 Å². The normalized spacial score (nSPS) is 17.3. The van der Waals surface area contributed by atoms with Crippen LogP contribution in [0.25, 0.3) is 0 Å². The number of aromatic nitrogens is 5. The fraction of sp³-hybridized carbons (Fsp3) is 0.444. The molecule has 1 unspecified atom stereocenters. The van der Waals surface area contributed by atoms with Crippen molar-refractivity contribution in [3.63, 3.8) is 0 Å². The van der Waals surface area contributed by atoms with E-state index in [1.54, 1.807) is 23.7 Å². The smallest absolute Gasteiger partial charge is 0.274 e. The van der Waals surface area contributed by atoms with Crippen molar-refractivity contribution >= 4 is 17.2 Å². The van der Waals surface area contributed by atoms with E-state index >= 15 is 0 Å². The zero-order valence-electron chi connectivity index (χ0n) is 14.9. The van der Waals surface area contributed by atoms with E-state index in [1.165, 1.54) is 0 Å². The molecule has 0 saturated carbocycles. The van der Waals surface area contributed by atoms with E-state index in [0.29, 0.717) is 18.2 Å². The van der Waals surface area contributed by atoms with Gasteiger partial charge in [-0.2, -0.15) is 5.10 Å². The van der Waals surface area contributed by atoms with Crippen LogP contribution in [0.1, 0.15) is 65.7 Å². The molecule has 1 aliphatic heterocycles. The number of hydrogen-bond donors (Lipinski definition) is 1. The molecule has 3 aromatic rings. The number of nitrogens with zero attached hydrogens (tertiary/aromatic N) is 5. The van der Waals surface area contributed by atoms with Gasteiger partial charge >= 0.3 is 0 Å². The number of imidazole rings is 1. The van der Waals surface area contributed by atoms with Crippen LogP contribution in [0.4, 0.5) is 0 Å². The molecule has 4 heterocycles. The summed E-state index contributed by atoms with van der Waals surface area (Å²) in [6.45, 7) is 5.62. The second-order valence-electron chi connectivity index (χ2n) is 6.87. The summed E-state index contributed by atoms with van der Waals surface area (Å²) in [6, 6.07) is 1.92. The van der Waals surface area contributed by atoms with Gasteiger partial charge in [-0.05, 0) is 18.9 Å². The van der Waals surface area contributed by atoms with E-state index in [2.05, 4.69) is 38.6 Å². The summed E-state index contributed by atoms with van der Waals surface area (Å²) in [6.07, 6.45) is 7.52. The van der Waals surface area contributed by atoms with Gasteiger partial charge in [0.1, 0.15) is 16.5 Å². The Bertz CT molecular complexity index is 881. The molecule has 1 amide bonds. The second-order valence-corrected chi connectivity index (χ2v) is 7.80. The standard InChI is InChI=1S/C18H22N6OS/c1-12(2)16-19-5-8-23(16)11-13-10-14(22-21-13)18(25)24-7-3-4-15(24)17-20-6-9-26-17/h5-6,8-10,12,15H,3-4,7,11H2,1-2H3,(H,21,22). The summed E-state index contributed by atoms with van der Waals surface area (Å²) in [7, 11) is 0. The molecule has 1 aliphatic rings. The largest absolute Gasteiger partial charge is 0.329 e. The zero-order valence-corrected chi connectivity index (χ0v) is 15.7. The Morgan fingerprint density at radius 1 is 1.38 bits per heavy atom. The molecule has 1 atom stereocenters. The number of likely N-dealkylation sites (tertiary alicyclic amines) is 1. The molecule has 7 nitrogen and oxygen atoms in total. The van der Waals surface area contributed by atoms with Crippen LogP contribution in [0.5, 0.6) is 0 Å². The Morgan fingerprint density at radius 3 is 3.04 bits per heavy atom. The highest BCUT2D eigenvalue weighted by Gasteiger charge is 2.33. The third kappa shape index (κ3) is 3.16. The van der Waals surface area contributed by atoms with Crippen molar-refractivity contribution in [3.8, 4) is 0 Å². The lowest BCUT2D eigenvalue weighted by atomic mass is 10.2. The molecule has 1 saturated heterocycles. The van der Waals surface area contributed by atoms with Crippen molar-refractivity contribution in [2.45, 2.75) is 45.2 Å². The molecule has 0 aromatic carbocycles. The highest BCUT2D eigenvalue weighted by atomic mass is 32.1. The fourth-order valence-corrected chi connectivity index (χ4v) is 4.29. The minimum absolute atomic E-state index is 0.0279. The summed E-state index contributed by atoms with van der Waals surface area (Å²) in [4.78, 5) is 23.6. The quantitative estimate of drug-likeness (QED) is 0.748. The van der Waals surface area contributed by atoms with Gasteiger partial charge in [0.2, 0.25) is 0 Å². The van der Waals surface area contributed by atoms with E-state index in [9.17, 15) is 4.79 Å². The van der Waals surface area contributed by atoms with Crippen molar-refractivity contribution in [1.29, 1.82) is 0 Å². The Labute approximate surface area is 156 Å². The van der Waals surface area contributed by atoms with Crippen LogP contribution in [0.2, 0.25) is 0 Å². The van der Waals surface area contributed by atoms with Gasteiger partial charge in [0.25, 0.3) is 5.91 Å². The van der Waals surface area contributed by atoms with Crippen LogP contribution < -0.4 is 0 Å². The Balaban J connectivity index is 1.50. The Hall–Kier alpha value is -2.48. The number of amides is 1. The first kappa shape index (κ1) is 17.0. The minimum Gasteiger partial charge on any atom is -0.329 e. The molecule has 0 spiro atoms. The molecule has 136 valence electrons. The second kappa shape index (κ2) is 7.03. The summed E-state index contributed by atoms with van der Waals surface area (Å²) < 4.78 is 2.08. The fourth-order valence-electron chi connectivity index (χ4n) is 3.50. The first-order chi connectivity index (χ1) is 12.6. The SMILES string of the molecule is CC(C)c1nccn1Cc1cc(C(=O)N2CCCC2c2nccs2)n[nH]1. The molecule has 0 bridgehead atoms. The number of hydrogen-bond acceptors (Lipinski definition) is 5. The molecule has 0 aliphatic carbocycles. The van der Waals surface area contributed by atoms with Crippen LogP contribution in [0.3, 0.4) is 0 Å². The lowest BCUT2D eigenvalue weighted by Gasteiger charge is -2.21. The lowest BCUT2D eigenvalue weighted by molar-refractivity contribution is 0.0729. The maximum absolute atomic E-state index is 12.9. The number of rotatable bonds is 5. The summed E-state index contributed by atoms with van der Waals surface area (Å²) >= 11 is 1.61. The van der Waals surface area contributed by atoms with Gasteiger partial charge in [0.05, 0.1) is 18.3 Å². The predicted octanol–water partition coefficient (Wildman–Crippen LogP) is 3.21. The van der Waals surface area contributed by atoms with Gasteiger partial charge in [-0.3, -0.25) is 9.89 Å². The van der Waals surface area contributed by atoms with Crippen LogP contribution in [0, 0.1) is 0 Å². The molecule has 26 heavy (non-hydrogen) atoms. The Morgan fingerprint density at radius 2 is 2.27 bits per heavy atom. The van der Waals surface area contributed by atoms with Crippen molar-refractivity contribution in [1.82, 2.24) is 29.6 Å². The highest BCUT2D eigenvalue weighted by molar-refractivity contribution is 7.09. The Kier molecular flexibility index (Phi) is 4.58. The van der Waals surface area contributed by atoms with E-state index in [1.807, 2.05) is 22.5 Å². The van der Waals surface area contributed by atoms with Gasteiger partial charge in [-0.25, -0.2) is 9.97 Å². The topological polar surface area (TPSA) is 79.7 Å². The maximum Gasteiger partial charge on any atom is 0.274 e. The van der Waals surface area contributed by atoms with Crippen molar-refractivity contribution in [2.24, 2.45) is 0 Å². The van der Waals surface area contributed by atoms with Crippen LogP contribution >= 0.6 is 11.3 Å². The van der Waals surface area contributed by atoms with E-state index in [-0.39, 0.29) is 11.9 Å². The monoisotopic (exact) mass is 370 g/mol. The van der Waals surface area contributed by atoms with Gasteiger partial charge in [-0.1, -0.05) is 13.8 Å². The van der Waals surface area contributed by atoms with E-state index < -0.39 is 0 Å². The molecular weight excluding hydrogens is 348 g/mol. The molecule has 1 fully saturated rings. The lowest BCUT2D eigenvalue weighted by Crippen LogP contribution is -2.30. The molecule has 0 radical (unpaired) electrons. The first-order valence-corrected chi connectivity index (χ1v) is 9.77. The number of H-pyrrole nitrogens is 1. The first-order valence-electron chi connectivity index (χ1n) is 8.89. The van der Waals surface area contributed by atoms with Gasteiger partial charge < -0.3 is 9.47 Å². The average molecular weight is 370 g/mol. The highest BCUT2D eigenvalue weighted by Crippen LogP contribution is 2.33. The van der Waals surface area contributed by atoms with Crippen LogP contribution in [0.15, 0.2) is 30.0 Å². The van der Waals surface area contributed by atoms with E-state index in [0.717, 1.165) is 35.9 Å². The van der Waals surface area contributed by atoms with Crippen molar-refractivity contribution in [3.05, 3.63) is 52.3 Å². The zero-order chi connectivity index (χ0) is 18.1. The summed E-state index contributed by atoms with van der Waals surface area (Å²) in [5.41, 5.74) is 1.37. The molecular formula is C18H22N6OS. The molecule has 8 heteroatoms. The molecule has 3 aromatic heterocycles. The number of carbonyl (C=O) groups excluding carboxylic acids is 1. The summed E-state index contributed by atoms with van der Waals surface area (Å²) in [5.74, 6) is 1.34. The number of nitrogens with one attached hydrogen (secondary N) is 1. The average Bonchev–Trinajstić information content (AvgIpc) is 3.39. The molecule has 4 rings (SSSR count). The number of aromatic amines is 1. The maximum atomic E-state index is 12.9. The minimum atomic E-state index is -0.0279. The molecule has 1 N–H and O–H groups in total. The predicted molar refractivity (Wildman–Crippen MR) is 99.1 cm³/mol. The number of thiazole rings is 1. The third-order valence-electron chi connectivity index (χ3n) is 4.70. The van der Waals surface area contributed by atoms with Crippen LogP contribution in [-0.2, 0) is 6.54 Å². The number of carbonyl (C=O) groups is 1. The van der Waals surface area contributed by atoms with Crippen molar-refractivity contribution in [2.75, 3.05) is 6.54 Å². The van der Waals surface area contributed by atoms with Gasteiger partial charge in [0.15, 0.2) is 0 Å². The third-order valence-corrected chi connectivity index (χ3v) is 5.58. The van der Waals surface area contributed by atoms with E-state index in [4.69, 9.17) is 0 Å². The van der Waals surface area contributed by atoms with Crippen LogP contribution in [-0.4, -0.2) is 42.1 Å². The summed E-state index contributed by atoms with van der Waals surface area (Å²) in [5, 5.41) is 10.2.